The van der Waals surface area contributed by atoms with Crippen molar-refractivity contribution in [2.24, 2.45) is 11.7 Å². The first-order chi connectivity index (χ1) is 10.2. The van der Waals surface area contributed by atoms with E-state index in [-0.39, 0.29) is 6.61 Å². The maximum absolute atomic E-state index is 10.8. The Kier molecular flexibility index (Phi) is 4.10. The number of hydrogen-bond donors (Lipinski definition) is 2. The van der Waals surface area contributed by atoms with Crippen molar-refractivity contribution in [2.45, 2.75) is 18.9 Å². The zero-order chi connectivity index (χ0) is 14.7. The number of anilines is 1. The lowest BCUT2D eigenvalue weighted by Gasteiger charge is -2.18. The summed E-state index contributed by atoms with van der Waals surface area (Å²) in [5, 5.41) is 5.70. The number of thiophene rings is 1. The molecule has 1 fully saturated rings. The van der Waals surface area contributed by atoms with E-state index in [1.807, 2.05) is 24.3 Å². The molecule has 5 heteroatoms. The van der Waals surface area contributed by atoms with Crippen LogP contribution in [0.1, 0.15) is 23.8 Å². The minimum absolute atomic E-state index is 0.0968. The molecule has 0 spiro atoms. The van der Waals surface area contributed by atoms with Crippen molar-refractivity contribution in [1.82, 2.24) is 0 Å². The Morgan fingerprint density at radius 1 is 1.38 bits per heavy atom. The van der Waals surface area contributed by atoms with E-state index in [1.54, 1.807) is 11.3 Å². The lowest BCUT2D eigenvalue weighted by atomic mass is 10.1. The van der Waals surface area contributed by atoms with Crippen LogP contribution < -0.4 is 15.8 Å². The van der Waals surface area contributed by atoms with Gasteiger partial charge in [0, 0.05) is 16.6 Å². The summed E-state index contributed by atoms with van der Waals surface area (Å²) >= 11 is 1.78. The molecule has 0 radical (unpaired) electrons. The molecule has 3 rings (SSSR count). The number of hydrogen-bond acceptors (Lipinski definition) is 4. The van der Waals surface area contributed by atoms with Gasteiger partial charge in [-0.1, -0.05) is 12.1 Å². The molecule has 2 aromatic rings. The predicted octanol–water partition coefficient (Wildman–Crippen LogP) is 3.18. The van der Waals surface area contributed by atoms with Gasteiger partial charge in [0.15, 0.2) is 6.61 Å². The third-order valence-corrected chi connectivity index (χ3v) is 4.44. The first-order valence-electron chi connectivity index (χ1n) is 7.03. The van der Waals surface area contributed by atoms with E-state index >= 15 is 0 Å². The number of benzene rings is 1. The van der Waals surface area contributed by atoms with Gasteiger partial charge in [-0.05, 0) is 42.3 Å². The smallest absolute Gasteiger partial charge is 0.255 e. The Bertz CT molecular complexity index is 608. The van der Waals surface area contributed by atoms with Gasteiger partial charge in [0.2, 0.25) is 0 Å². The van der Waals surface area contributed by atoms with Crippen molar-refractivity contribution in [3.05, 3.63) is 46.7 Å². The Labute approximate surface area is 127 Å². The zero-order valence-corrected chi connectivity index (χ0v) is 12.4. The third kappa shape index (κ3) is 3.76. The number of nitrogens with two attached hydrogens (primary N) is 1. The fourth-order valence-corrected chi connectivity index (χ4v) is 3.20. The molecule has 1 aliphatic carbocycles. The predicted molar refractivity (Wildman–Crippen MR) is 84.5 cm³/mol. The van der Waals surface area contributed by atoms with Crippen molar-refractivity contribution >= 4 is 22.9 Å². The minimum Gasteiger partial charge on any atom is -0.484 e. The van der Waals surface area contributed by atoms with Gasteiger partial charge in [0.1, 0.15) is 5.75 Å². The van der Waals surface area contributed by atoms with Crippen molar-refractivity contribution in [2.75, 3.05) is 11.9 Å². The first kappa shape index (κ1) is 13.9. The summed E-state index contributed by atoms with van der Waals surface area (Å²) in [7, 11) is 0. The van der Waals surface area contributed by atoms with E-state index in [2.05, 4.69) is 22.8 Å². The van der Waals surface area contributed by atoms with Crippen LogP contribution >= 0.6 is 11.3 Å². The molecule has 1 aromatic carbocycles. The number of ether oxygens (including phenoxy) is 1. The monoisotopic (exact) mass is 302 g/mol. The second-order valence-corrected chi connectivity index (χ2v) is 6.24. The lowest BCUT2D eigenvalue weighted by molar-refractivity contribution is -0.119. The summed E-state index contributed by atoms with van der Waals surface area (Å²) in [5.74, 6) is 0.890. The molecular formula is C16H18N2O2S. The molecular weight excluding hydrogens is 284 g/mol. The molecule has 0 bridgehead atoms. The van der Waals surface area contributed by atoms with Gasteiger partial charge >= 0.3 is 0 Å². The normalized spacial score (nSPS) is 15.4. The molecule has 1 amide bonds. The number of amides is 1. The number of carbonyl (C=O) groups is 1. The van der Waals surface area contributed by atoms with Gasteiger partial charge < -0.3 is 15.8 Å². The Morgan fingerprint density at radius 2 is 2.24 bits per heavy atom. The summed E-state index contributed by atoms with van der Waals surface area (Å²) < 4.78 is 5.34. The van der Waals surface area contributed by atoms with Crippen molar-refractivity contribution in [3.63, 3.8) is 0 Å². The van der Waals surface area contributed by atoms with Crippen LogP contribution in [0.2, 0.25) is 0 Å². The lowest BCUT2D eigenvalue weighted by Crippen LogP contribution is -2.20. The Morgan fingerprint density at radius 3 is 2.90 bits per heavy atom. The Balaban J connectivity index is 1.71. The van der Waals surface area contributed by atoms with E-state index in [4.69, 9.17) is 10.5 Å². The van der Waals surface area contributed by atoms with Gasteiger partial charge in [-0.3, -0.25) is 4.79 Å². The number of rotatable bonds is 7. The van der Waals surface area contributed by atoms with Crippen LogP contribution in [0.3, 0.4) is 0 Å². The number of nitrogens with one attached hydrogen (secondary N) is 1. The summed E-state index contributed by atoms with van der Waals surface area (Å²) in [5.41, 5.74) is 6.10. The third-order valence-electron chi connectivity index (χ3n) is 3.48. The zero-order valence-electron chi connectivity index (χ0n) is 11.6. The van der Waals surface area contributed by atoms with E-state index in [0.29, 0.717) is 17.7 Å². The second kappa shape index (κ2) is 6.18. The number of primary amides is 1. The maximum Gasteiger partial charge on any atom is 0.255 e. The van der Waals surface area contributed by atoms with Gasteiger partial charge in [-0.25, -0.2) is 0 Å². The van der Waals surface area contributed by atoms with Crippen LogP contribution in [0.5, 0.6) is 5.75 Å². The average molecular weight is 302 g/mol. The SMILES string of the molecule is NC(=O)COc1cccc(NC(c2cccs2)C2CC2)c1. The van der Waals surface area contributed by atoms with Crippen molar-refractivity contribution < 1.29 is 9.53 Å². The molecule has 1 atom stereocenters. The summed E-state index contributed by atoms with van der Waals surface area (Å²) in [4.78, 5) is 12.1. The molecule has 4 nitrogen and oxygen atoms in total. The van der Waals surface area contributed by atoms with Crippen molar-refractivity contribution in [1.29, 1.82) is 0 Å². The average Bonchev–Trinajstić information content (AvgIpc) is 3.17. The highest BCUT2D eigenvalue weighted by Crippen LogP contribution is 2.44. The molecule has 0 aliphatic heterocycles. The van der Waals surface area contributed by atoms with Gasteiger partial charge in [0.05, 0.1) is 6.04 Å². The number of carbonyl (C=O) groups excluding carboxylic acids is 1. The van der Waals surface area contributed by atoms with Crippen LogP contribution in [-0.4, -0.2) is 12.5 Å². The highest BCUT2D eigenvalue weighted by Gasteiger charge is 2.32. The topological polar surface area (TPSA) is 64.4 Å². The molecule has 21 heavy (non-hydrogen) atoms. The molecule has 0 saturated heterocycles. The summed E-state index contributed by atoms with van der Waals surface area (Å²) in [6.45, 7) is -0.0968. The van der Waals surface area contributed by atoms with E-state index in [0.717, 1.165) is 5.69 Å². The summed E-state index contributed by atoms with van der Waals surface area (Å²) in [6.07, 6.45) is 2.54. The van der Waals surface area contributed by atoms with E-state index in [1.165, 1.54) is 17.7 Å². The fraction of sp³-hybridized carbons (Fsp3) is 0.312. The largest absolute Gasteiger partial charge is 0.484 e. The van der Waals surface area contributed by atoms with Crippen LogP contribution in [0.25, 0.3) is 0 Å². The van der Waals surface area contributed by atoms with Gasteiger partial charge in [0.25, 0.3) is 5.91 Å². The van der Waals surface area contributed by atoms with Gasteiger partial charge in [-0.15, -0.1) is 11.3 Å². The summed E-state index contributed by atoms with van der Waals surface area (Å²) in [6, 6.07) is 12.3. The first-order valence-corrected chi connectivity index (χ1v) is 7.91. The van der Waals surface area contributed by atoms with Gasteiger partial charge in [-0.2, -0.15) is 0 Å². The molecule has 1 saturated carbocycles. The fourth-order valence-electron chi connectivity index (χ4n) is 2.33. The molecule has 1 aliphatic rings. The molecule has 1 unspecified atom stereocenters. The maximum atomic E-state index is 10.8. The van der Waals surface area contributed by atoms with Crippen LogP contribution in [0.15, 0.2) is 41.8 Å². The molecule has 1 aromatic heterocycles. The van der Waals surface area contributed by atoms with Crippen LogP contribution in [-0.2, 0) is 4.79 Å². The Hall–Kier alpha value is -2.01. The highest BCUT2D eigenvalue weighted by molar-refractivity contribution is 7.10. The van der Waals surface area contributed by atoms with Crippen LogP contribution in [0, 0.1) is 5.92 Å². The van der Waals surface area contributed by atoms with E-state index in [9.17, 15) is 4.79 Å². The second-order valence-electron chi connectivity index (χ2n) is 5.26. The molecule has 110 valence electrons. The van der Waals surface area contributed by atoms with Crippen LogP contribution in [0.4, 0.5) is 5.69 Å². The molecule has 1 heterocycles. The van der Waals surface area contributed by atoms with E-state index < -0.39 is 5.91 Å². The molecule has 3 N–H and O–H groups in total. The minimum atomic E-state index is -0.470. The standard InChI is InChI=1S/C16H18N2O2S/c17-15(19)10-20-13-4-1-3-12(9-13)18-16(11-6-7-11)14-5-2-8-21-14/h1-5,8-9,11,16,18H,6-7,10H2,(H2,17,19). The van der Waals surface area contributed by atoms with Crippen molar-refractivity contribution in [3.8, 4) is 5.75 Å². The highest BCUT2D eigenvalue weighted by atomic mass is 32.1. The quantitative estimate of drug-likeness (QED) is 0.825.